The van der Waals surface area contributed by atoms with Crippen LogP contribution in [0.25, 0.3) is 0 Å². The Labute approximate surface area is 207 Å². The summed E-state index contributed by atoms with van der Waals surface area (Å²) in [5.41, 5.74) is 0.952. The van der Waals surface area contributed by atoms with Gasteiger partial charge >= 0.3 is 0 Å². The average molecular weight is 509 g/mol. The molecule has 35 heavy (non-hydrogen) atoms. The van der Waals surface area contributed by atoms with E-state index in [1.54, 1.807) is 43.3 Å². The molecule has 4 heterocycles. The number of aromatic nitrogens is 3. The lowest BCUT2D eigenvalue weighted by Gasteiger charge is -2.23. The van der Waals surface area contributed by atoms with E-state index in [1.165, 1.54) is 41.2 Å². The lowest BCUT2D eigenvalue weighted by molar-refractivity contribution is -0.117. The van der Waals surface area contributed by atoms with Crippen LogP contribution in [0.2, 0.25) is 0 Å². The maximum absolute atomic E-state index is 14.0. The third kappa shape index (κ3) is 4.35. The number of ketones is 1. The number of amides is 1. The Morgan fingerprint density at radius 1 is 1.17 bits per heavy atom. The first-order valence-corrected chi connectivity index (χ1v) is 12.2. The summed E-state index contributed by atoms with van der Waals surface area (Å²) in [5.74, 6) is -1.52. The number of carbonyl (C=O) groups excluding carboxylic acids is 2. The van der Waals surface area contributed by atoms with Crippen molar-refractivity contribution in [3.8, 4) is 0 Å². The Morgan fingerprint density at radius 2 is 1.94 bits per heavy atom. The third-order valence-corrected chi connectivity index (χ3v) is 7.45. The fourth-order valence-electron chi connectivity index (χ4n) is 3.70. The molecular formula is C24H17FN4O4S2. The van der Waals surface area contributed by atoms with Crippen molar-refractivity contribution < 1.29 is 23.5 Å². The number of halogens is 1. The quantitative estimate of drug-likeness (QED) is 0.210. The van der Waals surface area contributed by atoms with Gasteiger partial charge in [-0.3, -0.25) is 19.5 Å². The average Bonchev–Trinajstić information content (AvgIpc) is 3.57. The Hall–Kier alpha value is -3.83. The summed E-state index contributed by atoms with van der Waals surface area (Å²) < 4.78 is 19.9. The summed E-state index contributed by atoms with van der Waals surface area (Å²) in [6.45, 7) is 1.69. The highest BCUT2D eigenvalue weighted by Crippen LogP contribution is 2.43. The van der Waals surface area contributed by atoms with E-state index in [0.29, 0.717) is 27.0 Å². The second-order valence-corrected chi connectivity index (χ2v) is 9.77. The van der Waals surface area contributed by atoms with E-state index in [4.69, 9.17) is 4.42 Å². The number of hydrogen-bond acceptors (Lipinski definition) is 9. The highest BCUT2D eigenvalue weighted by atomic mass is 32.2. The molecule has 0 fully saturated rings. The lowest BCUT2D eigenvalue weighted by atomic mass is 9.96. The smallest absolute Gasteiger partial charge is 0.296 e. The van der Waals surface area contributed by atoms with Crippen LogP contribution >= 0.6 is 23.1 Å². The minimum atomic E-state index is -0.958. The summed E-state index contributed by atoms with van der Waals surface area (Å²) in [6, 6.07) is 11.9. The number of aryl methyl sites for hydroxylation is 1. The number of rotatable bonds is 7. The standard InChI is InChI=1S/C24H17FN4O4S2/c1-13-6-7-17(33-13)20(30)18-19(14-8-10-26-11-9-14)29(22(32)21(18)31)23-27-28-24(35-23)34-12-15-4-2-3-5-16(15)25/h2-11,19,31H,12H2,1H3/t19-/m0/s1. The predicted molar refractivity (Wildman–Crippen MR) is 128 cm³/mol. The number of carbonyl (C=O) groups is 2. The number of pyridine rings is 1. The van der Waals surface area contributed by atoms with Crippen molar-refractivity contribution in [3.63, 3.8) is 0 Å². The molecule has 1 amide bonds. The molecule has 1 aromatic carbocycles. The topological polar surface area (TPSA) is 109 Å². The van der Waals surface area contributed by atoms with Gasteiger partial charge in [-0.25, -0.2) is 4.39 Å². The molecule has 1 N–H and O–H groups in total. The maximum Gasteiger partial charge on any atom is 0.296 e. The lowest BCUT2D eigenvalue weighted by Crippen LogP contribution is -2.31. The first-order valence-electron chi connectivity index (χ1n) is 10.4. The van der Waals surface area contributed by atoms with Gasteiger partial charge in [-0.1, -0.05) is 41.3 Å². The second kappa shape index (κ2) is 9.43. The van der Waals surface area contributed by atoms with Crippen molar-refractivity contribution in [2.45, 2.75) is 23.1 Å². The number of anilines is 1. The van der Waals surface area contributed by atoms with E-state index < -0.39 is 23.5 Å². The monoisotopic (exact) mass is 508 g/mol. The van der Waals surface area contributed by atoms with Crippen LogP contribution in [-0.2, 0) is 10.5 Å². The SMILES string of the molecule is Cc1ccc(C(=O)C2=C(O)C(=O)N(c3nnc(SCc4ccccc4F)s3)[C@H]2c2ccncc2)o1. The van der Waals surface area contributed by atoms with Gasteiger partial charge in [0.25, 0.3) is 5.91 Å². The van der Waals surface area contributed by atoms with Crippen LogP contribution in [0.1, 0.15) is 33.5 Å². The van der Waals surface area contributed by atoms with Gasteiger partial charge in [-0.15, -0.1) is 10.2 Å². The number of thioether (sulfide) groups is 1. The minimum Gasteiger partial charge on any atom is -0.503 e. The van der Waals surface area contributed by atoms with Gasteiger partial charge < -0.3 is 9.52 Å². The van der Waals surface area contributed by atoms with Gasteiger partial charge in [0.15, 0.2) is 15.9 Å². The molecule has 1 aliphatic rings. The molecule has 0 aliphatic carbocycles. The van der Waals surface area contributed by atoms with Crippen LogP contribution in [0.4, 0.5) is 9.52 Å². The summed E-state index contributed by atoms with van der Waals surface area (Å²) in [4.78, 5) is 31.7. The van der Waals surface area contributed by atoms with E-state index in [1.807, 2.05) is 0 Å². The molecular weight excluding hydrogens is 491 g/mol. The number of Topliss-reactive ketones (excluding diaryl/α,β-unsaturated/α-hetero) is 1. The number of hydrogen-bond donors (Lipinski definition) is 1. The number of furan rings is 1. The summed E-state index contributed by atoms with van der Waals surface area (Å²) in [6.07, 6.45) is 3.06. The molecule has 11 heteroatoms. The highest BCUT2D eigenvalue weighted by molar-refractivity contribution is 8.00. The van der Waals surface area contributed by atoms with E-state index in [0.717, 1.165) is 11.3 Å². The molecule has 176 valence electrons. The molecule has 0 saturated heterocycles. The Kier molecular flexibility index (Phi) is 6.18. The normalized spacial score (nSPS) is 15.8. The van der Waals surface area contributed by atoms with Gasteiger partial charge in [0.05, 0.1) is 11.6 Å². The Balaban J connectivity index is 1.48. The Bertz CT molecular complexity index is 1450. The van der Waals surface area contributed by atoms with Gasteiger partial charge in [-0.05, 0) is 48.4 Å². The first kappa shape index (κ1) is 22.9. The van der Waals surface area contributed by atoms with Crippen LogP contribution in [0.3, 0.4) is 0 Å². The number of nitrogens with zero attached hydrogens (tertiary/aromatic N) is 4. The fraction of sp³-hybridized carbons (Fsp3) is 0.125. The number of aliphatic hydroxyl groups excluding tert-OH is 1. The van der Waals surface area contributed by atoms with Crippen molar-refractivity contribution in [2.24, 2.45) is 0 Å². The number of benzene rings is 1. The van der Waals surface area contributed by atoms with Crippen molar-refractivity contribution >= 4 is 39.9 Å². The predicted octanol–water partition coefficient (Wildman–Crippen LogP) is 5.05. The second-order valence-electron chi connectivity index (χ2n) is 7.59. The zero-order valence-corrected chi connectivity index (χ0v) is 19.8. The maximum atomic E-state index is 14.0. The van der Waals surface area contributed by atoms with E-state index in [-0.39, 0.29) is 22.3 Å². The molecule has 8 nitrogen and oxygen atoms in total. The van der Waals surface area contributed by atoms with Crippen LogP contribution < -0.4 is 4.90 Å². The van der Waals surface area contributed by atoms with Crippen molar-refractivity contribution in [2.75, 3.05) is 4.90 Å². The van der Waals surface area contributed by atoms with Crippen LogP contribution in [0.5, 0.6) is 0 Å². The highest BCUT2D eigenvalue weighted by Gasteiger charge is 2.46. The largest absolute Gasteiger partial charge is 0.503 e. The summed E-state index contributed by atoms with van der Waals surface area (Å²) in [5, 5.41) is 19.2. The van der Waals surface area contributed by atoms with Gasteiger partial charge in [0, 0.05) is 18.1 Å². The first-order chi connectivity index (χ1) is 16.9. The molecule has 0 bridgehead atoms. The zero-order chi connectivity index (χ0) is 24.5. The van der Waals surface area contributed by atoms with E-state index >= 15 is 0 Å². The molecule has 0 unspecified atom stereocenters. The third-order valence-electron chi connectivity index (χ3n) is 5.35. The molecule has 4 aromatic rings. The molecule has 1 aliphatic heterocycles. The van der Waals surface area contributed by atoms with Gasteiger partial charge in [0.1, 0.15) is 11.6 Å². The zero-order valence-electron chi connectivity index (χ0n) is 18.2. The Morgan fingerprint density at radius 3 is 2.66 bits per heavy atom. The summed E-state index contributed by atoms with van der Waals surface area (Å²) in [7, 11) is 0. The van der Waals surface area contributed by atoms with Crippen LogP contribution in [-0.4, -0.2) is 32.0 Å². The van der Waals surface area contributed by atoms with Crippen molar-refractivity contribution in [3.05, 3.63) is 101 Å². The van der Waals surface area contributed by atoms with Crippen molar-refractivity contribution in [1.82, 2.24) is 15.2 Å². The molecule has 1 atom stereocenters. The fourth-order valence-corrected chi connectivity index (χ4v) is 5.55. The van der Waals surface area contributed by atoms with Gasteiger partial charge in [-0.2, -0.15) is 0 Å². The van der Waals surface area contributed by atoms with E-state index in [9.17, 15) is 19.1 Å². The molecule has 0 spiro atoms. The summed E-state index contributed by atoms with van der Waals surface area (Å²) >= 11 is 2.38. The molecule has 3 aromatic heterocycles. The minimum absolute atomic E-state index is 0.0103. The van der Waals surface area contributed by atoms with Crippen molar-refractivity contribution in [1.29, 1.82) is 0 Å². The molecule has 0 radical (unpaired) electrons. The van der Waals surface area contributed by atoms with Crippen LogP contribution in [0, 0.1) is 12.7 Å². The number of aliphatic hydroxyl groups is 1. The van der Waals surface area contributed by atoms with Crippen LogP contribution in [0.15, 0.2) is 81.0 Å². The van der Waals surface area contributed by atoms with E-state index in [2.05, 4.69) is 15.2 Å². The molecule has 5 rings (SSSR count). The van der Waals surface area contributed by atoms with Gasteiger partial charge in [0.2, 0.25) is 10.9 Å². The molecule has 0 saturated carbocycles.